The first kappa shape index (κ1) is 20.0. The zero-order chi connectivity index (χ0) is 19.8. The second kappa shape index (κ2) is 9.96. The van der Waals surface area contributed by atoms with Gasteiger partial charge in [-0.15, -0.1) is 0 Å². The van der Waals surface area contributed by atoms with Crippen LogP contribution < -0.4 is 10.6 Å². The zero-order valence-electron chi connectivity index (χ0n) is 16.1. The van der Waals surface area contributed by atoms with Gasteiger partial charge in [-0.05, 0) is 24.6 Å². The van der Waals surface area contributed by atoms with Gasteiger partial charge >= 0.3 is 0 Å². The standard InChI is InChI=1S/C21H26N4O3/c1-16-2-4-17(5-3-16)15-24-20(26)18-6-7-22-19(14-18)21(27)23-8-9-25-10-12-28-13-11-25/h2-7,14H,8-13,15H2,1H3,(H,23,27)(H,24,26). The highest BCUT2D eigenvalue weighted by Crippen LogP contribution is 2.05. The Hall–Kier alpha value is -2.77. The maximum atomic E-state index is 12.4. The minimum absolute atomic E-state index is 0.231. The highest BCUT2D eigenvalue weighted by molar-refractivity contribution is 5.98. The number of nitrogens with one attached hydrogen (secondary N) is 2. The van der Waals surface area contributed by atoms with E-state index in [4.69, 9.17) is 4.74 Å². The molecule has 28 heavy (non-hydrogen) atoms. The van der Waals surface area contributed by atoms with Crippen LogP contribution in [0.5, 0.6) is 0 Å². The SMILES string of the molecule is Cc1ccc(CNC(=O)c2ccnc(C(=O)NCCN3CCOCC3)c2)cc1. The van der Waals surface area contributed by atoms with Crippen LogP contribution in [0, 0.1) is 6.92 Å². The smallest absolute Gasteiger partial charge is 0.269 e. The number of carbonyl (C=O) groups is 2. The van der Waals surface area contributed by atoms with Gasteiger partial charge in [0.05, 0.1) is 13.2 Å². The molecule has 2 aromatic rings. The third-order valence-corrected chi connectivity index (χ3v) is 4.65. The molecule has 7 nitrogen and oxygen atoms in total. The van der Waals surface area contributed by atoms with Crippen molar-refractivity contribution in [2.75, 3.05) is 39.4 Å². The number of hydrogen-bond donors (Lipinski definition) is 2. The van der Waals surface area contributed by atoms with Crippen molar-refractivity contribution in [3.63, 3.8) is 0 Å². The summed E-state index contributed by atoms with van der Waals surface area (Å²) >= 11 is 0. The Balaban J connectivity index is 1.49. The highest BCUT2D eigenvalue weighted by Gasteiger charge is 2.13. The fourth-order valence-corrected chi connectivity index (χ4v) is 2.93. The number of amides is 2. The number of rotatable bonds is 7. The van der Waals surface area contributed by atoms with Crippen LogP contribution >= 0.6 is 0 Å². The maximum Gasteiger partial charge on any atom is 0.269 e. The Kier molecular flexibility index (Phi) is 7.11. The lowest BCUT2D eigenvalue weighted by molar-refractivity contribution is 0.0383. The Labute approximate surface area is 165 Å². The van der Waals surface area contributed by atoms with Crippen molar-refractivity contribution in [3.8, 4) is 0 Å². The Bertz CT molecular complexity index is 802. The zero-order valence-corrected chi connectivity index (χ0v) is 16.1. The molecular formula is C21H26N4O3. The van der Waals surface area contributed by atoms with Gasteiger partial charge in [0.15, 0.2) is 0 Å². The van der Waals surface area contributed by atoms with Gasteiger partial charge in [0, 0.05) is 44.5 Å². The van der Waals surface area contributed by atoms with Crippen LogP contribution in [0.1, 0.15) is 32.0 Å². The second-order valence-electron chi connectivity index (χ2n) is 6.81. The molecule has 2 heterocycles. The number of aryl methyl sites for hydroxylation is 1. The van der Waals surface area contributed by atoms with E-state index in [-0.39, 0.29) is 17.5 Å². The minimum atomic E-state index is -0.276. The van der Waals surface area contributed by atoms with Gasteiger partial charge in [-0.2, -0.15) is 0 Å². The van der Waals surface area contributed by atoms with Crippen LogP contribution in [0.25, 0.3) is 0 Å². The molecule has 3 rings (SSSR count). The molecule has 2 N–H and O–H groups in total. The summed E-state index contributed by atoms with van der Waals surface area (Å²) in [5.41, 5.74) is 2.85. The predicted molar refractivity (Wildman–Crippen MR) is 106 cm³/mol. The van der Waals surface area contributed by atoms with Crippen molar-refractivity contribution < 1.29 is 14.3 Å². The Morgan fingerprint density at radius 1 is 1.07 bits per heavy atom. The number of hydrogen-bond acceptors (Lipinski definition) is 5. The summed E-state index contributed by atoms with van der Waals surface area (Å²) in [7, 11) is 0. The van der Waals surface area contributed by atoms with Gasteiger partial charge < -0.3 is 15.4 Å². The van der Waals surface area contributed by atoms with Crippen molar-refractivity contribution in [1.29, 1.82) is 0 Å². The fourth-order valence-electron chi connectivity index (χ4n) is 2.93. The van der Waals surface area contributed by atoms with Crippen molar-refractivity contribution in [2.45, 2.75) is 13.5 Å². The van der Waals surface area contributed by atoms with E-state index in [1.54, 1.807) is 6.07 Å². The van der Waals surface area contributed by atoms with E-state index >= 15 is 0 Å². The van der Waals surface area contributed by atoms with Gasteiger partial charge in [-0.25, -0.2) is 0 Å². The predicted octanol–water partition coefficient (Wildman–Crippen LogP) is 1.38. The largest absolute Gasteiger partial charge is 0.379 e. The number of morpholine rings is 1. The first-order valence-corrected chi connectivity index (χ1v) is 9.50. The van der Waals surface area contributed by atoms with Gasteiger partial charge in [0.1, 0.15) is 5.69 Å². The number of aromatic nitrogens is 1. The first-order valence-electron chi connectivity index (χ1n) is 9.50. The molecule has 0 aliphatic carbocycles. The molecule has 7 heteroatoms. The second-order valence-corrected chi connectivity index (χ2v) is 6.81. The van der Waals surface area contributed by atoms with Gasteiger partial charge in [0.25, 0.3) is 11.8 Å². The fraction of sp³-hybridized carbons (Fsp3) is 0.381. The molecule has 0 spiro atoms. The quantitative estimate of drug-likeness (QED) is 0.756. The van der Waals surface area contributed by atoms with Gasteiger partial charge in [-0.3, -0.25) is 19.5 Å². The van der Waals surface area contributed by atoms with Crippen LogP contribution in [-0.4, -0.2) is 61.1 Å². The van der Waals surface area contributed by atoms with E-state index in [1.807, 2.05) is 31.2 Å². The van der Waals surface area contributed by atoms with E-state index in [9.17, 15) is 9.59 Å². The summed E-state index contributed by atoms with van der Waals surface area (Å²) < 4.78 is 5.31. The van der Waals surface area contributed by atoms with E-state index in [0.29, 0.717) is 18.7 Å². The molecule has 1 aromatic carbocycles. The van der Waals surface area contributed by atoms with E-state index in [2.05, 4.69) is 20.5 Å². The van der Waals surface area contributed by atoms with Gasteiger partial charge in [-0.1, -0.05) is 29.8 Å². The molecule has 0 bridgehead atoms. The minimum Gasteiger partial charge on any atom is -0.379 e. The first-order chi connectivity index (χ1) is 13.6. The molecule has 1 aromatic heterocycles. The molecule has 0 unspecified atom stereocenters. The van der Waals surface area contributed by atoms with Crippen LogP contribution in [0.3, 0.4) is 0 Å². The molecule has 1 aliphatic heterocycles. The third-order valence-electron chi connectivity index (χ3n) is 4.65. The molecule has 0 saturated carbocycles. The van der Waals surface area contributed by atoms with Gasteiger partial charge in [0.2, 0.25) is 0 Å². The van der Waals surface area contributed by atoms with Crippen molar-refractivity contribution in [1.82, 2.24) is 20.5 Å². The van der Waals surface area contributed by atoms with Crippen molar-refractivity contribution in [2.24, 2.45) is 0 Å². The molecule has 2 amide bonds. The molecule has 148 valence electrons. The number of ether oxygens (including phenoxy) is 1. The number of pyridine rings is 1. The van der Waals surface area contributed by atoms with Crippen molar-refractivity contribution >= 4 is 11.8 Å². The Morgan fingerprint density at radius 2 is 1.82 bits per heavy atom. The monoisotopic (exact) mass is 382 g/mol. The van der Waals surface area contributed by atoms with Crippen LogP contribution in [-0.2, 0) is 11.3 Å². The lowest BCUT2D eigenvalue weighted by Gasteiger charge is -2.26. The summed E-state index contributed by atoms with van der Waals surface area (Å²) in [5, 5.41) is 5.73. The van der Waals surface area contributed by atoms with E-state index < -0.39 is 0 Å². The van der Waals surface area contributed by atoms with E-state index in [1.165, 1.54) is 17.8 Å². The number of carbonyl (C=O) groups excluding carboxylic acids is 2. The highest BCUT2D eigenvalue weighted by atomic mass is 16.5. The summed E-state index contributed by atoms with van der Waals surface area (Å²) in [6.07, 6.45) is 1.48. The molecular weight excluding hydrogens is 356 g/mol. The molecule has 1 aliphatic rings. The number of benzene rings is 1. The summed E-state index contributed by atoms with van der Waals surface area (Å²) in [4.78, 5) is 31.0. The average Bonchev–Trinajstić information content (AvgIpc) is 2.74. The van der Waals surface area contributed by atoms with Crippen LogP contribution in [0.4, 0.5) is 0 Å². The molecule has 0 radical (unpaired) electrons. The molecule has 0 atom stereocenters. The molecule has 1 fully saturated rings. The topological polar surface area (TPSA) is 83.6 Å². The normalized spacial score (nSPS) is 14.5. The summed E-state index contributed by atoms with van der Waals surface area (Å²) in [5.74, 6) is -0.508. The summed E-state index contributed by atoms with van der Waals surface area (Å²) in [6.45, 7) is 6.98. The van der Waals surface area contributed by atoms with Crippen molar-refractivity contribution in [3.05, 3.63) is 65.0 Å². The number of nitrogens with zero attached hydrogens (tertiary/aromatic N) is 2. The van der Waals surface area contributed by atoms with Crippen LogP contribution in [0.15, 0.2) is 42.6 Å². The lowest BCUT2D eigenvalue weighted by atomic mass is 10.1. The Morgan fingerprint density at radius 3 is 2.57 bits per heavy atom. The van der Waals surface area contributed by atoms with Crippen LogP contribution in [0.2, 0.25) is 0 Å². The maximum absolute atomic E-state index is 12.4. The molecule has 1 saturated heterocycles. The van der Waals surface area contributed by atoms with E-state index in [0.717, 1.165) is 38.4 Å². The third kappa shape index (κ3) is 5.87. The summed E-state index contributed by atoms with van der Waals surface area (Å²) in [6, 6.07) is 11.1. The average molecular weight is 382 g/mol. The lowest BCUT2D eigenvalue weighted by Crippen LogP contribution is -2.41.